The monoisotopic (exact) mass is 412 g/mol. The van der Waals surface area contributed by atoms with Crippen molar-refractivity contribution in [2.75, 3.05) is 0 Å². The highest BCUT2D eigenvalue weighted by Crippen LogP contribution is 2.55. The molecule has 2 aromatic carbocycles. The lowest BCUT2D eigenvalue weighted by Crippen LogP contribution is -2.01. The summed E-state index contributed by atoms with van der Waals surface area (Å²) in [7, 11) is 0. The zero-order valence-electron chi connectivity index (χ0n) is 16.4. The Balaban J connectivity index is 1.23. The number of carboxylic acids is 1. The quantitative estimate of drug-likeness (QED) is 0.485. The predicted octanol–water partition coefficient (Wildman–Crippen LogP) is 4.97. The molecule has 2 aliphatic rings. The van der Waals surface area contributed by atoms with Crippen molar-refractivity contribution in [1.82, 2.24) is 9.97 Å². The minimum Gasteiger partial charge on any atom is -0.489 e. The van der Waals surface area contributed by atoms with Crippen LogP contribution in [-0.4, -0.2) is 21.0 Å². The molecule has 0 bridgehead atoms. The summed E-state index contributed by atoms with van der Waals surface area (Å²) < 4.78 is 20.3. The first-order valence-electron chi connectivity index (χ1n) is 10.0. The molecule has 4 aromatic rings. The van der Waals surface area contributed by atoms with Gasteiger partial charge in [-0.1, -0.05) is 12.1 Å². The van der Waals surface area contributed by atoms with Crippen LogP contribution in [0.3, 0.4) is 0 Å². The van der Waals surface area contributed by atoms with Crippen molar-refractivity contribution < 1.29 is 19.0 Å². The zero-order valence-corrected chi connectivity index (χ0v) is 16.4. The highest BCUT2D eigenvalue weighted by Gasteiger charge is 2.47. The van der Waals surface area contributed by atoms with Gasteiger partial charge in [-0.05, 0) is 65.1 Å². The summed E-state index contributed by atoms with van der Waals surface area (Å²) in [4.78, 5) is 18.7. The lowest BCUT2D eigenvalue weighted by Gasteiger charge is -2.11. The molecule has 2 N–H and O–H groups in total. The van der Waals surface area contributed by atoms with Gasteiger partial charge in [0.25, 0.3) is 0 Å². The third-order valence-corrected chi connectivity index (χ3v) is 6.10. The Morgan fingerprint density at radius 1 is 1.16 bits per heavy atom. The van der Waals surface area contributed by atoms with Gasteiger partial charge in [-0.15, -0.1) is 0 Å². The van der Waals surface area contributed by atoms with Crippen LogP contribution in [0.2, 0.25) is 0 Å². The molecule has 0 unspecified atom stereocenters. The van der Waals surface area contributed by atoms with E-state index in [1.807, 2.05) is 36.5 Å². The van der Waals surface area contributed by atoms with Crippen LogP contribution in [0.1, 0.15) is 16.7 Å². The van der Waals surface area contributed by atoms with Gasteiger partial charge in [-0.2, -0.15) is 0 Å². The number of rotatable bonds is 5. The molecule has 31 heavy (non-hydrogen) atoms. The lowest BCUT2D eigenvalue weighted by molar-refractivity contribution is -0.132. The van der Waals surface area contributed by atoms with Crippen molar-refractivity contribution in [2.45, 2.75) is 13.0 Å². The molecule has 2 heterocycles. The molecule has 0 saturated carbocycles. The van der Waals surface area contributed by atoms with Gasteiger partial charge in [-0.25, -0.2) is 14.2 Å². The Labute approximate surface area is 176 Å². The van der Waals surface area contributed by atoms with E-state index in [4.69, 9.17) is 4.74 Å². The Morgan fingerprint density at radius 3 is 2.94 bits per heavy atom. The molecule has 5 nitrogen and oxygen atoms in total. The largest absolute Gasteiger partial charge is 0.489 e. The number of nitrogens with zero attached hydrogens (tertiary/aromatic N) is 1. The molecule has 0 saturated heterocycles. The van der Waals surface area contributed by atoms with Crippen LogP contribution in [0.5, 0.6) is 5.75 Å². The van der Waals surface area contributed by atoms with Crippen LogP contribution >= 0.6 is 0 Å². The van der Waals surface area contributed by atoms with E-state index in [0.29, 0.717) is 23.3 Å². The number of fused-ring (bicyclic) bond motifs is 4. The number of aromatic nitrogens is 2. The molecular formula is C25H17FN2O3. The topological polar surface area (TPSA) is 75.2 Å². The first-order chi connectivity index (χ1) is 15.1. The standard InChI is InChI=1S/C25H17FN2O3/c26-21-4-1-13(16-8-14-5-6-27-24(14)28-11-16)7-17(21)12-31-18-2-3-19-15(9-18)10-20-22(19)23(20)25(29)30/h1-9,11,20H,10,12H2,(H,27,28)(H,29,30)/t20-/m1/s1. The fourth-order valence-corrected chi connectivity index (χ4v) is 4.51. The highest BCUT2D eigenvalue weighted by molar-refractivity contribution is 6.11. The fraction of sp³-hybridized carbons (Fsp3) is 0.120. The molecule has 0 spiro atoms. The first kappa shape index (κ1) is 17.9. The third kappa shape index (κ3) is 2.91. The number of allylic oxidation sites excluding steroid dienone is 1. The fourth-order valence-electron chi connectivity index (χ4n) is 4.51. The number of carboxylic acid groups (broad SMARTS) is 1. The number of ether oxygens (including phenoxy) is 1. The van der Waals surface area contributed by atoms with Gasteiger partial charge < -0.3 is 14.8 Å². The van der Waals surface area contributed by atoms with Crippen molar-refractivity contribution in [2.24, 2.45) is 5.92 Å². The molecule has 152 valence electrons. The number of H-pyrrole nitrogens is 1. The molecule has 0 aliphatic heterocycles. The van der Waals surface area contributed by atoms with Crippen molar-refractivity contribution in [3.05, 3.63) is 89.0 Å². The molecule has 0 fully saturated rings. The molecule has 2 aromatic heterocycles. The number of aromatic amines is 1. The smallest absolute Gasteiger partial charge is 0.332 e. The summed E-state index contributed by atoms with van der Waals surface area (Å²) in [6, 6.07) is 14.6. The number of pyridine rings is 1. The molecule has 2 aliphatic carbocycles. The average molecular weight is 412 g/mol. The minimum absolute atomic E-state index is 0.0443. The van der Waals surface area contributed by atoms with E-state index in [1.165, 1.54) is 6.07 Å². The highest BCUT2D eigenvalue weighted by atomic mass is 19.1. The van der Waals surface area contributed by atoms with Gasteiger partial charge in [0.05, 0.1) is 0 Å². The van der Waals surface area contributed by atoms with Crippen molar-refractivity contribution >= 4 is 22.6 Å². The minimum atomic E-state index is -0.827. The van der Waals surface area contributed by atoms with Crippen molar-refractivity contribution in [1.29, 1.82) is 0 Å². The Morgan fingerprint density at radius 2 is 2.06 bits per heavy atom. The normalized spacial score (nSPS) is 16.4. The van der Waals surface area contributed by atoms with Crippen LogP contribution in [-0.2, 0) is 17.8 Å². The van der Waals surface area contributed by atoms with Crippen LogP contribution in [0.15, 0.2) is 66.5 Å². The maximum Gasteiger partial charge on any atom is 0.332 e. The Hall–Kier alpha value is -3.93. The van der Waals surface area contributed by atoms with Crippen LogP contribution < -0.4 is 4.74 Å². The summed E-state index contributed by atoms with van der Waals surface area (Å²) in [6.45, 7) is 0.102. The Bertz CT molecular complexity index is 1420. The maximum absolute atomic E-state index is 14.4. The molecule has 1 atom stereocenters. The molecule has 6 rings (SSSR count). The number of hydrogen-bond donors (Lipinski definition) is 2. The molecule has 0 amide bonds. The SMILES string of the molecule is O=C(O)C1=C2c3ccc(OCc4cc(-c5cnc6[nH]ccc6c5)ccc4F)cc3C[C@@H]12. The van der Waals surface area contributed by atoms with Gasteiger partial charge in [0, 0.05) is 40.4 Å². The number of aliphatic carboxylic acids is 1. The second-order valence-corrected chi connectivity index (χ2v) is 7.94. The lowest BCUT2D eigenvalue weighted by atomic mass is 10.0. The predicted molar refractivity (Wildman–Crippen MR) is 114 cm³/mol. The number of halogens is 1. The van der Waals surface area contributed by atoms with E-state index in [2.05, 4.69) is 9.97 Å². The second kappa shape index (κ2) is 6.54. The number of benzene rings is 2. The molecule has 0 radical (unpaired) electrons. The van der Waals surface area contributed by atoms with Gasteiger partial charge in [0.15, 0.2) is 0 Å². The number of nitrogens with one attached hydrogen (secondary N) is 1. The summed E-state index contributed by atoms with van der Waals surface area (Å²) in [5, 5.41) is 10.2. The first-order valence-corrected chi connectivity index (χ1v) is 10.0. The van der Waals surface area contributed by atoms with Crippen LogP contribution in [0.4, 0.5) is 4.39 Å². The Kier molecular flexibility index (Phi) is 3.77. The van der Waals surface area contributed by atoms with E-state index in [1.54, 1.807) is 18.3 Å². The molecule has 6 heteroatoms. The third-order valence-electron chi connectivity index (χ3n) is 6.10. The van der Waals surface area contributed by atoms with Crippen LogP contribution in [0.25, 0.3) is 27.7 Å². The zero-order chi connectivity index (χ0) is 21.1. The van der Waals surface area contributed by atoms with Gasteiger partial charge in [0.2, 0.25) is 0 Å². The maximum atomic E-state index is 14.4. The van der Waals surface area contributed by atoms with E-state index in [9.17, 15) is 14.3 Å². The van der Waals surface area contributed by atoms with Crippen molar-refractivity contribution in [3.63, 3.8) is 0 Å². The summed E-state index contributed by atoms with van der Waals surface area (Å²) in [5.41, 5.74) is 6.62. The van der Waals surface area contributed by atoms with E-state index >= 15 is 0 Å². The van der Waals surface area contributed by atoms with Gasteiger partial charge >= 0.3 is 5.97 Å². The van der Waals surface area contributed by atoms with Crippen molar-refractivity contribution in [3.8, 4) is 16.9 Å². The molecular weight excluding hydrogens is 395 g/mol. The van der Waals surface area contributed by atoms with Crippen LogP contribution in [0, 0.1) is 11.7 Å². The van der Waals surface area contributed by atoms with Gasteiger partial charge in [-0.3, -0.25) is 0 Å². The summed E-state index contributed by atoms with van der Waals surface area (Å²) >= 11 is 0. The summed E-state index contributed by atoms with van der Waals surface area (Å²) in [6.07, 6.45) is 4.30. The van der Waals surface area contributed by atoms with Gasteiger partial charge in [0.1, 0.15) is 23.8 Å². The number of carbonyl (C=O) groups is 1. The second-order valence-electron chi connectivity index (χ2n) is 7.94. The van der Waals surface area contributed by atoms with E-state index < -0.39 is 5.97 Å². The van der Waals surface area contributed by atoms with E-state index in [-0.39, 0.29) is 18.3 Å². The van der Waals surface area contributed by atoms with E-state index in [0.717, 1.165) is 38.9 Å². The summed E-state index contributed by atoms with van der Waals surface area (Å²) in [5.74, 6) is -0.453. The number of hydrogen-bond acceptors (Lipinski definition) is 3. The average Bonchev–Trinajstić information content (AvgIpc) is 3.11.